The second kappa shape index (κ2) is 15.9. The van der Waals surface area contributed by atoms with Crippen LogP contribution in [0.2, 0.25) is 10.0 Å². The molecular formula is C39H38Cl2NNaO8. The van der Waals surface area contributed by atoms with Gasteiger partial charge in [-0.05, 0) is 82.2 Å². The summed E-state index contributed by atoms with van der Waals surface area (Å²) in [6.45, 7) is 9.36. The van der Waals surface area contributed by atoms with Gasteiger partial charge in [-0.2, -0.15) is 0 Å². The maximum Gasteiger partial charge on any atom is 1.00 e. The van der Waals surface area contributed by atoms with Crippen molar-refractivity contribution < 1.29 is 68.7 Å². The van der Waals surface area contributed by atoms with Gasteiger partial charge in [0.1, 0.15) is 34.2 Å². The number of aromatic hydroxyl groups is 1. The molecule has 2 aliphatic heterocycles. The number of aliphatic hydroxyl groups is 1. The number of benzene rings is 4. The molecule has 0 aromatic heterocycles. The van der Waals surface area contributed by atoms with E-state index in [9.17, 15) is 24.9 Å². The Morgan fingerprint density at radius 3 is 2.39 bits per heavy atom. The predicted octanol–water partition coefficient (Wildman–Crippen LogP) is 4.50. The number of anilines is 2. The number of hydrogen-bond acceptors (Lipinski definition) is 9. The molecule has 2 aliphatic rings. The maximum atomic E-state index is 13.1. The van der Waals surface area contributed by atoms with Crippen LogP contribution in [0, 0.1) is 6.92 Å². The normalized spacial score (nSPS) is 16.1. The standard InChI is InChI=1S/C25H28O6.C14H11Cl2NO2.Na/c1-24(2)9-8-16-20(30-24)7-6-14(23(16)29-5)11-18(26)17-10-15-12-22(28)25(3,4)31-21(15)13-19(17)27;1-8-6-7-10(15)13(12(8)16)17-11-5-3-2-4-9(11)14(18)19;/h6-10,13,22,27-28H,11-12H2,1-5H3;2-7,17H,1H3,(H,18,19);/q;;+1/p-1. The number of para-hydroxylation sites is 1. The first-order valence-corrected chi connectivity index (χ1v) is 16.6. The molecule has 0 aliphatic carbocycles. The van der Waals surface area contributed by atoms with Crippen LogP contribution in [0.15, 0.2) is 66.7 Å². The van der Waals surface area contributed by atoms with Crippen molar-refractivity contribution in [3.63, 3.8) is 0 Å². The van der Waals surface area contributed by atoms with Gasteiger partial charge in [-0.15, -0.1) is 0 Å². The monoisotopic (exact) mass is 741 g/mol. The second-order valence-electron chi connectivity index (χ2n) is 13.2. The first kappa shape index (κ1) is 40.1. The maximum absolute atomic E-state index is 13.1. The van der Waals surface area contributed by atoms with E-state index in [1.54, 1.807) is 57.4 Å². The fraction of sp³-hybridized carbons (Fsp3) is 0.282. The van der Waals surface area contributed by atoms with Crippen molar-refractivity contribution in [2.75, 3.05) is 12.4 Å². The van der Waals surface area contributed by atoms with Crippen LogP contribution in [-0.2, 0) is 12.8 Å². The SMILES string of the molecule is COc1c(CC(=O)c2cc3c(cc2O)OC(C)(C)C(O)C3)ccc2c1C=CC(C)(C)O2.Cc1ccc(Cl)c(Nc2ccccc2C(=O)[O-])c1Cl.[Na+]. The van der Waals surface area contributed by atoms with Crippen LogP contribution in [0.25, 0.3) is 6.08 Å². The molecule has 1 atom stereocenters. The van der Waals surface area contributed by atoms with E-state index in [2.05, 4.69) is 5.32 Å². The fourth-order valence-corrected chi connectivity index (χ4v) is 6.16. The molecule has 0 bridgehead atoms. The molecule has 0 amide bonds. The quantitative estimate of drug-likeness (QED) is 0.185. The summed E-state index contributed by atoms with van der Waals surface area (Å²) in [6, 6.07) is 16.6. The van der Waals surface area contributed by atoms with Gasteiger partial charge in [0.15, 0.2) is 5.78 Å². The fourth-order valence-electron chi connectivity index (χ4n) is 5.70. The summed E-state index contributed by atoms with van der Waals surface area (Å²) >= 11 is 12.2. The molecule has 2 heterocycles. The number of fused-ring (bicyclic) bond motifs is 2. The van der Waals surface area contributed by atoms with Crippen molar-refractivity contribution in [3.05, 3.63) is 110 Å². The van der Waals surface area contributed by atoms with Crippen molar-refractivity contribution in [1.29, 1.82) is 0 Å². The van der Waals surface area contributed by atoms with Gasteiger partial charge in [0, 0.05) is 35.7 Å². The number of nitrogens with one attached hydrogen (secondary N) is 1. The molecule has 4 aromatic rings. The molecule has 0 saturated carbocycles. The molecule has 0 spiro atoms. The number of phenols is 1. The number of carboxylic acids is 1. The van der Waals surface area contributed by atoms with Gasteiger partial charge < -0.3 is 39.6 Å². The minimum Gasteiger partial charge on any atom is -0.545 e. The van der Waals surface area contributed by atoms with E-state index in [1.807, 2.05) is 45.1 Å². The Labute approximate surface area is 329 Å². The Kier molecular flexibility index (Phi) is 12.5. The van der Waals surface area contributed by atoms with Crippen molar-refractivity contribution in [1.82, 2.24) is 0 Å². The summed E-state index contributed by atoms with van der Waals surface area (Å²) in [5, 5.41) is 35.7. The number of aryl methyl sites for hydroxylation is 1. The number of aliphatic hydroxyl groups excluding tert-OH is 1. The summed E-state index contributed by atoms with van der Waals surface area (Å²) in [7, 11) is 1.56. The molecule has 6 rings (SSSR count). The number of rotatable bonds is 7. The molecule has 9 nitrogen and oxygen atoms in total. The van der Waals surface area contributed by atoms with E-state index in [1.165, 1.54) is 12.1 Å². The van der Waals surface area contributed by atoms with Gasteiger partial charge in [-0.25, -0.2) is 0 Å². The Morgan fingerprint density at radius 1 is 1.00 bits per heavy atom. The van der Waals surface area contributed by atoms with Gasteiger partial charge in [0.25, 0.3) is 0 Å². The average Bonchev–Trinajstić information content (AvgIpc) is 3.05. The van der Waals surface area contributed by atoms with Crippen LogP contribution < -0.4 is 54.2 Å². The molecule has 0 saturated heterocycles. The number of halogens is 2. The number of methoxy groups -OCH3 is 1. The van der Waals surface area contributed by atoms with Crippen LogP contribution in [0.1, 0.15) is 70.7 Å². The largest absolute Gasteiger partial charge is 1.00 e. The van der Waals surface area contributed by atoms with E-state index in [-0.39, 0.29) is 58.6 Å². The number of carboxylic acid groups (broad SMARTS) is 1. The average molecular weight is 743 g/mol. The Bertz CT molecular complexity index is 2010. The van der Waals surface area contributed by atoms with E-state index in [4.69, 9.17) is 37.4 Å². The third-order valence-electron chi connectivity index (χ3n) is 8.58. The molecule has 12 heteroatoms. The molecule has 0 radical (unpaired) electrons. The topological polar surface area (TPSA) is 137 Å². The molecule has 4 aromatic carbocycles. The zero-order valence-corrected chi connectivity index (χ0v) is 33.0. The minimum absolute atomic E-state index is 0. The van der Waals surface area contributed by atoms with Crippen LogP contribution in [0.5, 0.6) is 23.0 Å². The van der Waals surface area contributed by atoms with Gasteiger partial charge in [0.2, 0.25) is 0 Å². The zero-order chi connectivity index (χ0) is 36.5. The Balaban J connectivity index is 0.000000251. The second-order valence-corrected chi connectivity index (χ2v) is 14.0. The van der Waals surface area contributed by atoms with Crippen molar-refractivity contribution in [2.45, 2.75) is 64.8 Å². The van der Waals surface area contributed by atoms with E-state index < -0.39 is 23.3 Å². The molecule has 51 heavy (non-hydrogen) atoms. The van der Waals surface area contributed by atoms with Gasteiger partial charge >= 0.3 is 29.6 Å². The van der Waals surface area contributed by atoms with Gasteiger partial charge in [0.05, 0.1) is 46.0 Å². The van der Waals surface area contributed by atoms with Crippen molar-refractivity contribution >= 4 is 52.4 Å². The number of phenolic OH excluding ortho intramolecular Hbond substituents is 1. The Hall–Kier alpha value is -3.70. The number of ketones is 1. The third kappa shape index (κ3) is 8.85. The van der Waals surface area contributed by atoms with Crippen molar-refractivity contribution in [3.8, 4) is 23.0 Å². The zero-order valence-electron chi connectivity index (χ0n) is 29.5. The first-order valence-electron chi connectivity index (χ1n) is 15.9. The van der Waals surface area contributed by atoms with E-state index >= 15 is 0 Å². The van der Waals surface area contributed by atoms with Crippen LogP contribution in [0.4, 0.5) is 11.4 Å². The molecule has 1 unspecified atom stereocenters. The summed E-state index contributed by atoms with van der Waals surface area (Å²) in [5.74, 6) is 0.113. The molecule has 262 valence electrons. The van der Waals surface area contributed by atoms with Gasteiger partial charge in [-0.1, -0.05) is 53.5 Å². The van der Waals surface area contributed by atoms with E-state index in [0.29, 0.717) is 56.2 Å². The number of carbonyl (C=O) groups is 2. The number of carbonyl (C=O) groups excluding carboxylic acids is 2. The van der Waals surface area contributed by atoms with Crippen LogP contribution >= 0.6 is 23.2 Å². The number of aromatic carboxylic acids is 1. The summed E-state index contributed by atoms with van der Waals surface area (Å²) in [5.41, 5.74) is 2.99. The van der Waals surface area contributed by atoms with Crippen molar-refractivity contribution in [2.24, 2.45) is 0 Å². The number of ether oxygens (including phenoxy) is 3. The first-order chi connectivity index (χ1) is 23.5. The van der Waals surface area contributed by atoms with Gasteiger partial charge in [-0.3, -0.25) is 4.79 Å². The molecule has 3 N–H and O–H groups in total. The van der Waals surface area contributed by atoms with Crippen LogP contribution in [0.3, 0.4) is 0 Å². The predicted molar refractivity (Wildman–Crippen MR) is 193 cm³/mol. The minimum atomic E-state index is -1.26. The number of Topliss-reactive ketones (excluding diaryl/α,β-unsaturated/α-hetero) is 1. The summed E-state index contributed by atoms with van der Waals surface area (Å²) < 4.78 is 17.4. The van der Waals surface area contributed by atoms with Crippen LogP contribution in [-0.4, -0.2) is 46.4 Å². The molecule has 0 fully saturated rings. The molecular weight excluding hydrogens is 704 g/mol. The van der Waals surface area contributed by atoms with E-state index in [0.717, 1.165) is 11.1 Å². The summed E-state index contributed by atoms with van der Waals surface area (Å²) in [4.78, 5) is 24.1. The Morgan fingerprint density at radius 2 is 1.71 bits per heavy atom. The number of hydrogen-bond donors (Lipinski definition) is 3. The summed E-state index contributed by atoms with van der Waals surface area (Å²) in [6.07, 6.45) is 3.59. The smallest absolute Gasteiger partial charge is 0.545 e. The third-order valence-corrected chi connectivity index (χ3v) is 9.38.